The minimum Gasteiger partial charge on any atom is -0.373 e. The molecule has 2 saturated heterocycles. The van der Waals surface area contributed by atoms with E-state index in [0.29, 0.717) is 18.2 Å². The molecule has 3 atom stereocenters. The maximum absolute atomic E-state index is 5.99. The van der Waals surface area contributed by atoms with Crippen LogP contribution in [0, 0.1) is 0 Å². The Balaban J connectivity index is 1.59. The lowest BCUT2D eigenvalue weighted by atomic mass is 9.96. The summed E-state index contributed by atoms with van der Waals surface area (Å²) in [6.07, 6.45) is 4.36. The largest absolute Gasteiger partial charge is 0.373 e. The molecule has 2 aromatic rings. The Bertz CT molecular complexity index is 600. The quantitative estimate of drug-likeness (QED) is 0.911. The minimum atomic E-state index is 0.380. The Labute approximate surface area is 114 Å². The molecule has 2 aliphatic heterocycles. The van der Waals surface area contributed by atoms with Gasteiger partial charge in [-0.05, 0) is 37.5 Å². The lowest BCUT2D eigenvalue weighted by molar-refractivity contribution is 0.102. The molecule has 2 fully saturated rings. The standard InChI is InChI=1S/C13H13ClN2OS/c14-7-1-3-9-12(5-7)18-13(15-9)16-10-6-8-2-4-11(10)17-8/h1,3,5,8,10-11H,2,4,6H2,(H,15,16). The van der Waals surface area contributed by atoms with Gasteiger partial charge < -0.3 is 10.1 Å². The van der Waals surface area contributed by atoms with Crippen molar-refractivity contribution >= 4 is 38.3 Å². The predicted octanol–water partition coefficient (Wildman–Crippen LogP) is 3.68. The number of anilines is 1. The number of halogens is 1. The van der Waals surface area contributed by atoms with Crippen LogP contribution in [0.5, 0.6) is 0 Å². The third kappa shape index (κ3) is 1.79. The van der Waals surface area contributed by atoms with Crippen LogP contribution in [0.1, 0.15) is 19.3 Å². The van der Waals surface area contributed by atoms with Crippen LogP contribution in [0.25, 0.3) is 10.2 Å². The highest BCUT2D eigenvalue weighted by Gasteiger charge is 2.40. The molecule has 0 amide bonds. The smallest absolute Gasteiger partial charge is 0.184 e. The Hall–Kier alpha value is -0.840. The van der Waals surface area contributed by atoms with Crippen LogP contribution in [0.3, 0.4) is 0 Å². The Morgan fingerprint density at radius 3 is 3.11 bits per heavy atom. The zero-order valence-corrected chi connectivity index (χ0v) is 11.3. The summed E-state index contributed by atoms with van der Waals surface area (Å²) < 4.78 is 6.98. The van der Waals surface area contributed by atoms with Crippen molar-refractivity contribution in [2.45, 2.75) is 37.5 Å². The van der Waals surface area contributed by atoms with Gasteiger partial charge in [0.05, 0.1) is 28.5 Å². The maximum Gasteiger partial charge on any atom is 0.184 e. The highest BCUT2D eigenvalue weighted by Crippen LogP contribution is 2.37. The first-order chi connectivity index (χ1) is 8.78. The summed E-state index contributed by atoms with van der Waals surface area (Å²) in [6, 6.07) is 6.25. The second-order valence-corrected chi connectivity index (χ2v) is 6.46. The van der Waals surface area contributed by atoms with E-state index in [-0.39, 0.29) is 0 Å². The molecule has 0 saturated carbocycles. The van der Waals surface area contributed by atoms with Gasteiger partial charge >= 0.3 is 0 Å². The number of fused-ring (bicyclic) bond motifs is 3. The molecule has 1 aromatic heterocycles. The third-order valence-corrected chi connectivity index (χ3v) is 4.95. The number of benzene rings is 1. The van der Waals surface area contributed by atoms with E-state index in [1.165, 1.54) is 12.8 Å². The average molecular weight is 281 g/mol. The van der Waals surface area contributed by atoms with Crippen LogP contribution in [-0.4, -0.2) is 23.2 Å². The number of ether oxygens (including phenoxy) is 1. The van der Waals surface area contributed by atoms with Crippen molar-refractivity contribution in [2.24, 2.45) is 0 Å². The molecule has 2 aliphatic rings. The van der Waals surface area contributed by atoms with E-state index in [4.69, 9.17) is 16.3 Å². The van der Waals surface area contributed by atoms with Crippen LogP contribution >= 0.6 is 22.9 Å². The normalized spacial score (nSPS) is 30.2. The summed E-state index contributed by atoms with van der Waals surface area (Å²) in [5.41, 5.74) is 1.01. The number of rotatable bonds is 2. The monoisotopic (exact) mass is 280 g/mol. The molecule has 3 unspecified atom stereocenters. The lowest BCUT2D eigenvalue weighted by Crippen LogP contribution is -2.30. The van der Waals surface area contributed by atoms with E-state index in [1.807, 2.05) is 18.2 Å². The van der Waals surface area contributed by atoms with Crippen LogP contribution in [0.2, 0.25) is 5.02 Å². The van der Waals surface area contributed by atoms with Crippen LogP contribution in [-0.2, 0) is 4.74 Å². The van der Waals surface area contributed by atoms with E-state index in [0.717, 1.165) is 26.8 Å². The lowest BCUT2D eigenvalue weighted by Gasteiger charge is -2.19. The Morgan fingerprint density at radius 2 is 2.33 bits per heavy atom. The fraction of sp³-hybridized carbons (Fsp3) is 0.462. The van der Waals surface area contributed by atoms with E-state index < -0.39 is 0 Å². The zero-order chi connectivity index (χ0) is 12.1. The van der Waals surface area contributed by atoms with Gasteiger partial charge in [-0.3, -0.25) is 0 Å². The van der Waals surface area contributed by atoms with Gasteiger partial charge in [0.15, 0.2) is 5.13 Å². The number of aromatic nitrogens is 1. The minimum absolute atomic E-state index is 0.380. The Kier molecular flexibility index (Phi) is 2.50. The van der Waals surface area contributed by atoms with Gasteiger partial charge in [-0.2, -0.15) is 0 Å². The SMILES string of the molecule is Clc1ccc2nc(NC3CC4CCC3O4)sc2c1. The molecule has 94 valence electrons. The topological polar surface area (TPSA) is 34.2 Å². The van der Waals surface area contributed by atoms with Crippen molar-refractivity contribution in [1.29, 1.82) is 0 Å². The molecule has 3 nitrogen and oxygen atoms in total. The summed E-state index contributed by atoms with van der Waals surface area (Å²) >= 11 is 7.65. The third-order valence-electron chi connectivity index (χ3n) is 3.77. The first-order valence-electron chi connectivity index (χ1n) is 6.26. The van der Waals surface area contributed by atoms with Gasteiger partial charge in [0.2, 0.25) is 0 Å². The number of nitrogens with zero attached hydrogens (tertiary/aromatic N) is 1. The number of nitrogens with one attached hydrogen (secondary N) is 1. The first kappa shape index (κ1) is 11.0. The summed E-state index contributed by atoms with van der Waals surface area (Å²) in [7, 11) is 0. The van der Waals surface area contributed by atoms with E-state index >= 15 is 0 Å². The highest BCUT2D eigenvalue weighted by atomic mass is 35.5. The van der Waals surface area contributed by atoms with Crippen molar-refractivity contribution in [3.8, 4) is 0 Å². The van der Waals surface area contributed by atoms with Crippen molar-refractivity contribution < 1.29 is 4.74 Å². The Morgan fingerprint density at radius 1 is 1.39 bits per heavy atom. The molecular weight excluding hydrogens is 268 g/mol. The van der Waals surface area contributed by atoms with Gasteiger partial charge in [-0.1, -0.05) is 22.9 Å². The van der Waals surface area contributed by atoms with Gasteiger partial charge in [0.25, 0.3) is 0 Å². The first-order valence-corrected chi connectivity index (χ1v) is 7.45. The fourth-order valence-corrected chi connectivity index (χ4v) is 4.11. The van der Waals surface area contributed by atoms with E-state index in [2.05, 4.69) is 10.3 Å². The second-order valence-electron chi connectivity index (χ2n) is 4.99. The van der Waals surface area contributed by atoms with Crippen LogP contribution in [0.4, 0.5) is 5.13 Å². The molecule has 0 radical (unpaired) electrons. The van der Waals surface area contributed by atoms with Crippen molar-refractivity contribution in [3.63, 3.8) is 0 Å². The molecule has 3 heterocycles. The molecule has 2 bridgehead atoms. The van der Waals surface area contributed by atoms with Gasteiger partial charge in [-0.25, -0.2) is 4.98 Å². The summed E-state index contributed by atoms with van der Waals surface area (Å²) in [6.45, 7) is 0. The molecule has 1 N–H and O–H groups in total. The molecule has 5 heteroatoms. The van der Waals surface area contributed by atoms with Gasteiger partial charge in [-0.15, -0.1) is 0 Å². The van der Waals surface area contributed by atoms with Crippen molar-refractivity contribution in [2.75, 3.05) is 5.32 Å². The summed E-state index contributed by atoms with van der Waals surface area (Å²) in [5.74, 6) is 0. The molecule has 4 rings (SSSR count). The second kappa shape index (κ2) is 4.08. The maximum atomic E-state index is 5.99. The number of hydrogen-bond donors (Lipinski definition) is 1. The zero-order valence-electron chi connectivity index (χ0n) is 9.73. The fourth-order valence-electron chi connectivity index (χ4n) is 2.91. The molecular formula is C13H13ClN2OS. The van der Waals surface area contributed by atoms with Gasteiger partial charge in [0, 0.05) is 5.02 Å². The average Bonchev–Trinajstić information content (AvgIpc) is 3.02. The van der Waals surface area contributed by atoms with Crippen molar-refractivity contribution in [1.82, 2.24) is 4.98 Å². The molecule has 1 aromatic carbocycles. The molecule has 0 spiro atoms. The molecule has 18 heavy (non-hydrogen) atoms. The van der Waals surface area contributed by atoms with Crippen LogP contribution in [0.15, 0.2) is 18.2 Å². The number of thiazole rings is 1. The summed E-state index contributed by atoms with van der Waals surface area (Å²) in [4.78, 5) is 4.59. The highest BCUT2D eigenvalue weighted by molar-refractivity contribution is 7.22. The van der Waals surface area contributed by atoms with Crippen molar-refractivity contribution in [3.05, 3.63) is 23.2 Å². The predicted molar refractivity (Wildman–Crippen MR) is 74.6 cm³/mol. The molecule has 0 aliphatic carbocycles. The van der Waals surface area contributed by atoms with Gasteiger partial charge in [0.1, 0.15) is 0 Å². The van der Waals surface area contributed by atoms with E-state index in [1.54, 1.807) is 11.3 Å². The summed E-state index contributed by atoms with van der Waals surface area (Å²) in [5, 5.41) is 5.27. The van der Waals surface area contributed by atoms with Crippen LogP contribution < -0.4 is 5.32 Å². The van der Waals surface area contributed by atoms with E-state index in [9.17, 15) is 0 Å². The number of hydrogen-bond acceptors (Lipinski definition) is 4.